The van der Waals surface area contributed by atoms with Crippen molar-refractivity contribution in [2.75, 3.05) is 0 Å². The molecule has 16 heavy (non-hydrogen) atoms. The van der Waals surface area contributed by atoms with Gasteiger partial charge in [-0.25, -0.2) is 4.39 Å². The minimum Gasteiger partial charge on any atom is -0.324 e. The van der Waals surface area contributed by atoms with Crippen LogP contribution in [-0.4, -0.2) is 0 Å². The van der Waals surface area contributed by atoms with Crippen LogP contribution in [0.3, 0.4) is 0 Å². The van der Waals surface area contributed by atoms with Gasteiger partial charge in [0, 0.05) is 11.6 Å². The average molecular weight is 221 g/mol. The van der Waals surface area contributed by atoms with E-state index in [1.54, 1.807) is 6.07 Å². The molecule has 1 aromatic carbocycles. The molecule has 2 heteroatoms. The van der Waals surface area contributed by atoms with Crippen molar-refractivity contribution in [1.29, 1.82) is 0 Å². The molecule has 0 heterocycles. The minimum absolute atomic E-state index is 0.141. The second kappa shape index (κ2) is 4.54. The van der Waals surface area contributed by atoms with Gasteiger partial charge < -0.3 is 5.73 Å². The molecule has 1 fully saturated rings. The summed E-state index contributed by atoms with van der Waals surface area (Å²) in [4.78, 5) is 0. The van der Waals surface area contributed by atoms with Crippen LogP contribution < -0.4 is 5.73 Å². The zero-order valence-electron chi connectivity index (χ0n) is 10.0. The summed E-state index contributed by atoms with van der Waals surface area (Å²) in [5.74, 6) is 0.906. The molecule has 0 amide bonds. The zero-order chi connectivity index (χ0) is 11.7. The predicted molar refractivity (Wildman–Crippen MR) is 64.6 cm³/mol. The van der Waals surface area contributed by atoms with Crippen LogP contribution in [0.15, 0.2) is 18.2 Å². The van der Waals surface area contributed by atoms with E-state index in [1.807, 2.05) is 13.0 Å². The lowest BCUT2D eigenvalue weighted by Gasteiger charge is -2.24. The number of nitrogens with two attached hydrogens (primary N) is 1. The van der Waals surface area contributed by atoms with Crippen LogP contribution >= 0.6 is 0 Å². The highest BCUT2D eigenvalue weighted by Gasteiger charge is 2.30. The Labute approximate surface area is 96.9 Å². The second-order valence-corrected chi connectivity index (χ2v) is 5.12. The summed E-state index contributed by atoms with van der Waals surface area (Å²) >= 11 is 0. The molecule has 1 saturated carbocycles. The monoisotopic (exact) mass is 221 g/mol. The van der Waals surface area contributed by atoms with Gasteiger partial charge in [-0.3, -0.25) is 0 Å². The first-order chi connectivity index (χ1) is 7.59. The molecule has 88 valence electrons. The first kappa shape index (κ1) is 11.6. The van der Waals surface area contributed by atoms with Crippen LogP contribution in [0.4, 0.5) is 4.39 Å². The lowest BCUT2D eigenvalue weighted by molar-refractivity contribution is 0.344. The van der Waals surface area contributed by atoms with E-state index < -0.39 is 0 Å². The maximum atomic E-state index is 13.7. The van der Waals surface area contributed by atoms with E-state index in [-0.39, 0.29) is 11.9 Å². The molecule has 1 nitrogen and oxygen atoms in total. The average Bonchev–Trinajstić information content (AvgIpc) is 2.67. The molecule has 3 atom stereocenters. The van der Waals surface area contributed by atoms with Gasteiger partial charge in [0.15, 0.2) is 0 Å². The molecule has 0 saturated heterocycles. The van der Waals surface area contributed by atoms with Crippen molar-refractivity contribution < 1.29 is 4.39 Å². The van der Waals surface area contributed by atoms with E-state index in [0.29, 0.717) is 17.4 Å². The molecule has 0 radical (unpaired) electrons. The number of hydrogen-bond donors (Lipinski definition) is 1. The molecule has 0 aromatic heterocycles. The molecule has 3 unspecified atom stereocenters. The summed E-state index contributed by atoms with van der Waals surface area (Å²) in [5, 5.41) is 0. The van der Waals surface area contributed by atoms with Crippen molar-refractivity contribution >= 4 is 0 Å². The highest BCUT2D eigenvalue weighted by atomic mass is 19.1. The van der Waals surface area contributed by atoms with Gasteiger partial charge in [0.2, 0.25) is 0 Å². The predicted octanol–water partition coefficient (Wildman–Crippen LogP) is 3.57. The van der Waals surface area contributed by atoms with Crippen LogP contribution in [0.5, 0.6) is 0 Å². The quantitative estimate of drug-likeness (QED) is 0.811. The Morgan fingerprint density at radius 2 is 2.12 bits per heavy atom. The van der Waals surface area contributed by atoms with Gasteiger partial charge in [-0.1, -0.05) is 37.5 Å². The van der Waals surface area contributed by atoms with E-state index in [9.17, 15) is 4.39 Å². The largest absolute Gasteiger partial charge is 0.324 e. The van der Waals surface area contributed by atoms with Crippen LogP contribution in [0.2, 0.25) is 0 Å². The summed E-state index contributed by atoms with van der Waals surface area (Å²) in [6.07, 6.45) is 3.59. The lowest BCUT2D eigenvalue weighted by Crippen LogP contribution is -2.24. The molecule has 2 N–H and O–H groups in total. The highest BCUT2D eigenvalue weighted by molar-refractivity contribution is 5.27. The Morgan fingerprint density at radius 1 is 1.38 bits per heavy atom. The number of aryl methyl sites for hydroxylation is 1. The normalized spacial score (nSPS) is 27.0. The Balaban J connectivity index is 2.25. The highest BCUT2D eigenvalue weighted by Crippen LogP contribution is 2.39. The van der Waals surface area contributed by atoms with Gasteiger partial charge in [-0.2, -0.15) is 0 Å². The van der Waals surface area contributed by atoms with Crippen LogP contribution in [0, 0.1) is 24.6 Å². The van der Waals surface area contributed by atoms with Crippen molar-refractivity contribution in [3.8, 4) is 0 Å². The molecule has 0 aliphatic heterocycles. The van der Waals surface area contributed by atoms with Crippen LogP contribution in [0.25, 0.3) is 0 Å². The number of halogens is 1. The Bertz CT molecular complexity index is 375. The van der Waals surface area contributed by atoms with E-state index >= 15 is 0 Å². The maximum Gasteiger partial charge on any atom is 0.127 e. The third-order valence-electron chi connectivity index (χ3n) is 3.90. The molecule has 0 spiro atoms. The summed E-state index contributed by atoms with van der Waals surface area (Å²) in [7, 11) is 0. The van der Waals surface area contributed by atoms with Gasteiger partial charge >= 0.3 is 0 Å². The van der Waals surface area contributed by atoms with Crippen LogP contribution in [-0.2, 0) is 0 Å². The SMILES string of the molecule is Cc1ccc(F)c(C(N)C2CCCC2C)c1. The second-order valence-electron chi connectivity index (χ2n) is 5.12. The van der Waals surface area contributed by atoms with Gasteiger partial charge in [-0.15, -0.1) is 0 Å². The number of hydrogen-bond acceptors (Lipinski definition) is 1. The third kappa shape index (κ3) is 2.12. The molecule has 2 rings (SSSR count). The maximum absolute atomic E-state index is 13.7. The Hall–Kier alpha value is -0.890. The standard InChI is InChI=1S/C14H20FN/c1-9-6-7-13(15)12(8-9)14(16)11-5-3-4-10(11)2/h6-8,10-11,14H,3-5,16H2,1-2H3. The number of rotatable bonds is 2. The third-order valence-corrected chi connectivity index (χ3v) is 3.90. The Kier molecular flexibility index (Phi) is 3.29. The molecule has 1 aliphatic carbocycles. The summed E-state index contributed by atoms with van der Waals surface area (Å²) < 4.78 is 13.7. The van der Waals surface area contributed by atoms with Gasteiger partial charge in [0.05, 0.1) is 0 Å². The molecule has 0 bridgehead atoms. The van der Waals surface area contributed by atoms with E-state index in [0.717, 1.165) is 12.0 Å². The fourth-order valence-corrected chi connectivity index (χ4v) is 2.86. The van der Waals surface area contributed by atoms with E-state index in [2.05, 4.69) is 6.92 Å². The molecular weight excluding hydrogens is 201 g/mol. The molecular formula is C14H20FN. The smallest absolute Gasteiger partial charge is 0.127 e. The van der Waals surface area contributed by atoms with Crippen LogP contribution in [0.1, 0.15) is 43.4 Å². The summed E-state index contributed by atoms with van der Waals surface area (Å²) in [6, 6.07) is 5.08. The van der Waals surface area contributed by atoms with E-state index in [1.165, 1.54) is 18.9 Å². The topological polar surface area (TPSA) is 26.0 Å². The van der Waals surface area contributed by atoms with Gasteiger partial charge in [-0.05, 0) is 31.2 Å². The molecule has 1 aliphatic rings. The van der Waals surface area contributed by atoms with Crippen molar-refractivity contribution in [1.82, 2.24) is 0 Å². The first-order valence-electron chi connectivity index (χ1n) is 6.11. The van der Waals surface area contributed by atoms with Gasteiger partial charge in [0.25, 0.3) is 0 Å². The van der Waals surface area contributed by atoms with Crippen molar-refractivity contribution in [2.24, 2.45) is 17.6 Å². The summed E-state index contributed by atoms with van der Waals surface area (Å²) in [6.45, 7) is 4.21. The fraction of sp³-hybridized carbons (Fsp3) is 0.571. The molecule has 1 aromatic rings. The minimum atomic E-state index is -0.155. The van der Waals surface area contributed by atoms with Crippen molar-refractivity contribution in [3.05, 3.63) is 35.1 Å². The van der Waals surface area contributed by atoms with Gasteiger partial charge in [0.1, 0.15) is 5.82 Å². The number of benzene rings is 1. The summed E-state index contributed by atoms with van der Waals surface area (Å²) in [5.41, 5.74) is 7.99. The fourth-order valence-electron chi connectivity index (χ4n) is 2.86. The van der Waals surface area contributed by atoms with E-state index in [4.69, 9.17) is 5.73 Å². The first-order valence-corrected chi connectivity index (χ1v) is 6.11. The lowest BCUT2D eigenvalue weighted by atomic mass is 9.86. The van der Waals surface area contributed by atoms with Crippen molar-refractivity contribution in [2.45, 2.75) is 39.2 Å². The zero-order valence-corrected chi connectivity index (χ0v) is 10.0. The Morgan fingerprint density at radius 3 is 2.75 bits per heavy atom. The van der Waals surface area contributed by atoms with Crippen molar-refractivity contribution in [3.63, 3.8) is 0 Å².